The van der Waals surface area contributed by atoms with Crippen molar-refractivity contribution in [3.63, 3.8) is 0 Å². The summed E-state index contributed by atoms with van der Waals surface area (Å²) in [6, 6.07) is 0. The standard InChI is InChI=1S/C10H10N2O2S4/c1-2-3-4-12-8(14)6(18-10(12)16)5-7(13)11-9(15)17-5/h2-4H2,1H3,(H,11,13,15)/b6-5-. The van der Waals surface area contributed by atoms with Gasteiger partial charge < -0.3 is 5.32 Å². The van der Waals surface area contributed by atoms with Crippen LogP contribution in [0.1, 0.15) is 19.8 Å². The van der Waals surface area contributed by atoms with Gasteiger partial charge in [-0.05, 0) is 6.42 Å². The summed E-state index contributed by atoms with van der Waals surface area (Å²) in [4.78, 5) is 26.2. The van der Waals surface area contributed by atoms with E-state index in [1.165, 1.54) is 11.8 Å². The molecule has 2 amide bonds. The Hall–Kier alpha value is -0.440. The third kappa shape index (κ3) is 2.61. The van der Waals surface area contributed by atoms with Crippen molar-refractivity contribution in [2.24, 2.45) is 0 Å². The number of thiocarbonyl (C=S) groups is 2. The van der Waals surface area contributed by atoms with Crippen LogP contribution in [0.2, 0.25) is 0 Å². The molecule has 0 aromatic heterocycles. The first-order valence-electron chi connectivity index (χ1n) is 5.35. The van der Waals surface area contributed by atoms with E-state index in [2.05, 4.69) is 12.2 Å². The van der Waals surface area contributed by atoms with E-state index in [1.54, 1.807) is 4.90 Å². The van der Waals surface area contributed by atoms with Gasteiger partial charge in [0.25, 0.3) is 11.8 Å². The maximum atomic E-state index is 12.2. The van der Waals surface area contributed by atoms with Gasteiger partial charge in [-0.15, -0.1) is 0 Å². The maximum absolute atomic E-state index is 12.2. The van der Waals surface area contributed by atoms with Crippen LogP contribution in [0.5, 0.6) is 0 Å². The molecular formula is C10H10N2O2S4. The second-order valence-corrected chi connectivity index (χ2v) is 7.01. The van der Waals surface area contributed by atoms with E-state index in [-0.39, 0.29) is 11.8 Å². The van der Waals surface area contributed by atoms with Gasteiger partial charge in [0, 0.05) is 6.54 Å². The number of amides is 2. The van der Waals surface area contributed by atoms with Gasteiger partial charge in [0.1, 0.15) is 8.64 Å². The van der Waals surface area contributed by atoms with Crippen molar-refractivity contribution in [2.75, 3.05) is 6.54 Å². The van der Waals surface area contributed by atoms with Crippen molar-refractivity contribution in [3.8, 4) is 0 Å². The van der Waals surface area contributed by atoms with Crippen molar-refractivity contribution in [3.05, 3.63) is 9.81 Å². The molecule has 0 unspecified atom stereocenters. The van der Waals surface area contributed by atoms with Crippen LogP contribution in [0.3, 0.4) is 0 Å². The molecule has 0 aromatic carbocycles. The molecule has 96 valence electrons. The van der Waals surface area contributed by atoms with Crippen molar-refractivity contribution in [1.29, 1.82) is 0 Å². The van der Waals surface area contributed by atoms with E-state index in [1.807, 2.05) is 0 Å². The minimum Gasteiger partial charge on any atom is -0.307 e. The molecule has 8 heteroatoms. The number of unbranched alkanes of at least 4 members (excludes halogenated alkanes) is 1. The monoisotopic (exact) mass is 318 g/mol. The minimum atomic E-state index is -0.305. The van der Waals surface area contributed by atoms with Crippen molar-refractivity contribution in [2.45, 2.75) is 19.8 Å². The number of hydrogen-bond donors (Lipinski definition) is 1. The number of hydrogen-bond acceptors (Lipinski definition) is 6. The molecule has 2 heterocycles. The van der Waals surface area contributed by atoms with Gasteiger partial charge in [0.15, 0.2) is 0 Å². The Bertz CT molecular complexity index is 486. The van der Waals surface area contributed by atoms with E-state index < -0.39 is 0 Å². The molecule has 0 aromatic rings. The normalized spacial score (nSPS) is 24.2. The molecule has 0 saturated carbocycles. The Balaban J connectivity index is 2.25. The number of carbonyl (C=O) groups is 2. The average Bonchev–Trinajstić information content (AvgIpc) is 2.78. The molecule has 0 atom stereocenters. The second kappa shape index (κ2) is 5.68. The van der Waals surface area contributed by atoms with Gasteiger partial charge in [0.2, 0.25) is 0 Å². The smallest absolute Gasteiger partial charge is 0.267 e. The Morgan fingerprint density at radius 2 is 1.94 bits per heavy atom. The molecule has 4 nitrogen and oxygen atoms in total. The number of nitrogens with one attached hydrogen (secondary N) is 1. The van der Waals surface area contributed by atoms with Crippen LogP contribution in [-0.4, -0.2) is 31.9 Å². The first-order valence-corrected chi connectivity index (χ1v) is 7.80. The van der Waals surface area contributed by atoms with E-state index in [9.17, 15) is 9.59 Å². The fourth-order valence-electron chi connectivity index (χ4n) is 1.51. The highest BCUT2D eigenvalue weighted by molar-refractivity contribution is 8.29. The lowest BCUT2D eigenvalue weighted by atomic mass is 10.3. The number of rotatable bonds is 3. The van der Waals surface area contributed by atoms with Crippen LogP contribution in [0.4, 0.5) is 0 Å². The fourth-order valence-corrected chi connectivity index (χ4v) is 4.02. The van der Waals surface area contributed by atoms with Crippen molar-refractivity contribution in [1.82, 2.24) is 10.2 Å². The summed E-state index contributed by atoms with van der Waals surface area (Å²) in [5.74, 6) is -0.484. The highest BCUT2D eigenvalue weighted by Gasteiger charge is 2.38. The molecule has 0 bridgehead atoms. The van der Waals surface area contributed by atoms with Gasteiger partial charge in [-0.2, -0.15) is 0 Å². The zero-order chi connectivity index (χ0) is 13.3. The van der Waals surface area contributed by atoms with E-state index >= 15 is 0 Å². The van der Waals surface area contributed by atoms with Gasteiger partial charge in [-0.3, -0.25) is 14.5 Å². The molecule has 2 aliphatic rings. The molecular weight excluding hydrogens is 308 g/mol. The summed E-state index contributed by atoms with van der Waals surface area (Å²) in [5, 5.41) is 2.51. The van der Waals surface area contributed by atoms with Crippen molar-refractivity contribution < 1.29 is 9.59 Å². The number of thioether (sulfide) groups is 2. The van der Waals surface area contributed by atoms with Gasteiger partial charge >= 0.3 is 0 Å². The largest absolute Gasteiger partial charge is 0.307 e. The van der Waals surface area contributed by atoms with Gasteiger partial charge in [-0.25, -0.2) is 0 Å². The Morgan fingerprint density at radius 3 is 2.50 bits per heavy atom. The quantitative estimate of drug-likeness (QED) is 0.634. The third-order valence-corrected chi connectivity index (χ3v) is 5.22. The zero-order valence-electron chi connectivity index (χ0n) is 9.52. The lowest BCUT2D eigenvalue weighted by molar-refractivity contribution is -0.122. The molecule has 1 N–H and O–H groups in total. The molecule has 0 radical (unpaired) electrons. The lowest BCUT2D eigenvalue weighted by Gasteiger charge is -2.13. The first-order chi connectivity index (χ1) is 8.54. The molecule has 2 fully saturated rings. The van der Waals surface area contributed by atoms with Crippen molar-refractivity contribution >= 4 is 68.4 Å². The summed E-state index contributed by atoms with van der Waals surface area (Å²) in [6.45, 7) is 2.66. The Labute approximate surface area is 124 Å². The number of nitrogens with zero attached hydrogens (tertiary/aromatic N) is 1. The summed E-state index contributed by atoms with van der Waals surface area (Å²) < 4.78 is 0.899. The second-order valence-electron chi connectivity index (χ2n) is 3.68. The van der Waals surface area contributed by atoms with E-state index in [4.69, 9.17) is 24.4 Å². The SMILES string of the molecule is CCCCN1C(=O)/C(=C2/SC(=S)NC2=O)SC1=S. The Morgan fingerprint density at radius 1 is 1.22 bits per heavy atom. The molecule has 18 heavy (non-hydrogen) atoms. The van der Waals surface area contributed by atoms with E-state index in [0.717, 1.165) is 24.6 Å². The van der Waals surface area contributed by atoms with Crippen LogP contribution < -0.4 is 5.32 Å². The number of carbonyl (C=O) groups excluding carboxylic acids is 2. The highest BCUT2D eigenvalue weighted by atomic mass is 32.2. The molecule has 2 saturated heterocycles. The fraction of sp³-hybridized carbons (Fsp3) is 0.400. The molecule has 0 spiro atoms. The van der Waals surface area contributed by atoms with Crippen LogP contribution in [-0.2, 0) is 9.59 Å². The highest BCUT2D eigenvalue weighted by Crippen LogP contribution is 2.39. The molecule has 0 aliphatic carbocycles. The van der Waals surface area contributed by atoms with Crippen LogP contribution in [0.15, 0.2) is 9.81 Å². The summed E-state index contributed by atoms with van der Waals surface area (Å²) >= 11 is 12.4. The van der Waals surface area contributed by atoms with Gasteiger partial charge in [-0.1, -0.05) is 61.3 Å². The predicted molar refractivity (Wildman–Crippen MR) is 82.2 cm³/mol. The van der Waals surface area contributed by atoms with Crippen LogP contribution >= 0.6 is 48.0 Å². The lowest BCUT2D eigenvalue weighted by Crippen LogP contribution is -2.29. The third-order valence-electron chi connectivity index (χ3n) is 2.41. The van der Waals surface area contributed by atoms with E-state index in [0.29, 0.717) is 25.0 Å². The van der Waals surface area contributed by atoms with Crippen LogP contribution in [0.25, 0.3) is 0 Å². The minimum absolute atomic E-state index is 0.180. The zero-order valence-corrected chi connectivity index (χ0v) is 12.8. The topological polar surface area (TPSA) is 49.4 Å². The summed E-state index contributed by atoms with van der Waals surface area (Å²) in [5.41, 5.74) is 0. The van der Waals surface area contributed by atoms with Crippen LogP contribution in [0, 0.1) is 0 Å². The first kappa shape index (κ1) is 14.0. The Kier molecular flexibility index (Phi) is 4.41. The average molecular weight is 318 g/mol. The molecule has 2 rings (SSSR count). The summed E-state index contributed by atoms with van der Waals surface area (Å²) in [7, 11) is 0. The van der Waals surface area contributed by atoms with Gasteiger partial charge in [0.05, 0.1) is 9.81 Å². The summed E-state index contributed by atoms with van der Waals surface area (Å²) in [6.07, 6.45) is 1.88. The predicted octanol–water partition coefficient (Wildman–Crippen LogP) is 2.01. The maximum Gasteiger partial charge on any atom is 0.267 e. The molecule has 2 aliphatic heterocycles.